The van der Waals surface area contributed by atoms with Crippen LogP contribution < -0.4 is 0 Å². The van der Waals surface area contributed by atoms with Gasteiger partial charge in [0, 0.05) is 18.4 Å². The topological polar surface area (TPSA) is 17.8 Å². The first kappa shape index (κ1) is 8.31. The van der Waals surface area contributed by atoms with Crippen molar-refractivity contribution in [3.63, 3.8) is 0 Å². The third kappa shape index (κ3) is 2.07. The summed E-state index contributed by atoms with van der Waals surface area (Å²) < 4.78 is 2.07. The fourth-order valence-corrected chi connectivity index (χ4v) is 1.22. The molecule has 0 amide bonds. The Labute approximate surface area is 68.2 Å². The zero-order valence-corrected chi connectivity index (χ0v) is 7.38. The van der Waals surface area contributed by atoms with Crippen LogP contribution in [0.2, 0.25) is 0 Å². The largest absolute Gasteiger partial charge is 0.270 e. The number of unbranched alkanes of at least 4 members (excludes halogenated alkanes) is 1. The molecular weight excluding hydrogens is 136 g/mol. The van der Waals surface area contributed by atoms with Crippen molar-refractivity contribution in [2.24, 2.45) is 0 Å². The lowest BCUT2D eigenvalue weighted by molar-refractivity contribution is 0.607. The molecule has 0 saturated heterocycles. The van der Waals surface area contributed by atoms with Gasteiger partial charge in [-0.25, -0.2) is 0 Å². The molecule has 0 unspecified atom stereocenters. The van der Waals surface area contributed by atoms with Gasteiger partial charge in [0.1, 0.15) is 0 Å². The Morgan fingerprint density at radius 1 is 1.45 bits per heavy atom. The molecule has 11 heavy (non-hydrogen) atoms. The molecule has 2 nitrogen and oxygen atoms in total. The fourth-order valence-electron chi connectivity index (χ4n) is 1.22. The molecule has 62 valence electrons. The van der Waals surface area contributed by atoms with Gasteiger partial charge < -0.3 is 0 Å². The molecule has 0 fully saturated rings. The van der Waals surface area contributed by atoms with Crippen LogP contribution in [0.25, 0.3) is 0 Å². The van der Waals surface area contributed by atoms with Gasteiger partial charge in [0.25, 0.3) is 0 Å². The summed E-state index contributed by atoms with van der Waals surface area (Å²) in [4.78, 5) is 0. The quantitative estimate of drug-likeness (QED) is 0.647. The standard InChI is InChI=1S/C9H16N2/c1-3-5-6-9-7-8-10-11(9)4-2/h7-8H,3-6H2,1-2H3. The van der Waals surface area contributed by atoms with Crippen molar-refractivity contribution in [2.45, 2.75) is 39.7 Å². The van der Waals surface area contributed by atoms with Gasteiger partial charge >= 0.3 is 0 Å². The average Bonchev–Trinajstić information content (AvgIpc) is 2.47. The van der Waals surface area contributed by atoms with Gasteiger partial charge in [0.2, 0.25) is 0 Å². The molecular formula is C9H16N2. The molecule has 0 saturated carbocycles. The van der Waals surface area contributed by atoms with Crippen LogP contribution >= 0.6 is 0 Å². The normalized spacial score (nSPS) is 10.4. The molecule has 0 aliphatic carbocycles. The van der Waals surface area contributed by atoms with Crippen LogP contribution in [0.3, 0.4) is 0 Å². The van der Waals surface area contributed by atoms with Gasteiger partial charge in [-0.2, -0.15) is 5.10 Å². The Bertz CT molecular complexity index is 203. The van der Waals surface area contributed by atoms with Crippen LogP contribution in [-0.2, 0) is 13.0 Å². The molecule has 0 aliphatic heterocycles. The van der Waals surface area contributed by atoms with Gasteiger partial charge in [0.15, 0.2) is 0 Å². The predicted octanol–water partition coefficient (Wildman–Crippen LogP) is 2.25. The smallest absolute Gasteiger partial charge is 0.0492 e. The predicted molar refractivity (Wildman–Crippen MR) is 46.5 cm³/mol. The first-order chi connectivity index (χ1) is 5.38. The summed E-state index contributed by atoms with van der Waals surface area (Å²) in [6, 6.07) is 2.11. The van der Waals surface area contributed by atoms with E-state index in [1.54, 1.807) is 0 Å². The van der Waals surface area contributed by atoms with Gasteiger partial charge in [-0.3, -0.25) is 4.68 Å². The van der Waals surface area contributed by atoms with E-state index in [9.17, 15) is 0 Å². The Morgan fingerprint density at radius 3 is 2.91 bits per heavy atom. The number of hydrogen-bond acceptors (Lipinski definition) is 1. The zero-order valence-electron chi connectivity index (χ0n) is 7.38. The highest BCUT2D eigenvalue weighted by molar-refractivity contribution is 5.00. The summed E-state index contributed by atoms with van der Waals surface area (Å²) >= 11 is 0. The second kappa shape index (κ2) is 4.16. The Morgan fingerprint density at radius 2 is 2.27 bits per heavy atom. The molecule has 0 bridgehead atoms. The molecule has 1 aromatic heterocycles. The van der Waals surface area contributed by atoms with Gasteiger partial charge in [-0.15, -0.1) is 0 Å². The van der Waals surface area contributed by atoms with E-state index in [-0.39, 0.29) is 0 Å². The van der Waals surface area contributed by atoms with Crippen molar-refractivity contribution >= 4 is 0 Å². The van der Waals surface area contributed by atoms with Gasteiger partial charge in [-0.05, 0) is 25.8 Å². The van der Waals surface area contributed by atoms with Crippen molar-refractivity contribution in [1.29, 1.82) is 0 Å². The second-order valence-electron chi connectivity index (χ2n) is 2.74. The van der Waals surface area contributed by atoms with E-state index in [4.69, 9.17) is 0 Å². The third-order valence-electron chi connectivity index (χ3n) is 1.89. The highest BCUT2D eigenvalue weighted by Gasteiger charge is 1.97. The highest BCUT2D eigenvalue weighted by atomic mass is 15.3. The number of nitrogens with zero attached hydrogens (tertiary/aromatic N) is 2. The number of hydrogen-bond donors (Lipinski definition) is 0. The van der Waals surface area contributed by atoms with Crippen LogP contribution in [0.5, 0.6) is 0 Å². The van der Waals surface area contributed by atoms with Gasteiger partial charge in [0.05, 0.1) is 0 Å². The maximum atomic E-state index is 4.20. The van der Waals surface area contributed by atoms with E-state index in [0.717, 1.165) is 6.54 Å². The lowest BCUT2D eigenvalue weighted by atomic mass is 10.2. The second-order valence-corrected chi connectivity index (χ2v) is 2.74. The van der Waals surface area contributed by atoms with Crippen LogP contribution in [-0.4, -0.2) is 9.78 Å². The fraction of sp³-hybridized carbons (Fsp3) is 0.667. The van der Waals surface area contributed by atoms with Crippen molar-refractivity contribution in [3.05, 3.63) is 18.0 Å². The van der Waals surface area contributed by atoms with E-state index >= 15 is 0 Å². The monoisotopic (exact) mass is 152 g/mol. The summed E-state index contributed by atoms with van der Waals surface area (Å²) in [6.07, 6.45) is 5.58. The number of rotatable bonds is 4. The molecule has 0 atom stereocenters. The average molecular weight is 152 g/mol. The van der Waals surface area contributed by atoms with Crippen LogP contribution in [0.4, 0.5) is 0 Å². The molecule has 2 heteroatoms. The van der Waals surface area contributed by atoms with Crippen LogP contribution in [0, 0.1) is 0 Å². The van der Waals surface area contributed by atoms with E-state index in [0.29, 0.717) is 0 Å². The summed E-state index contributed by atoms with van der Waals surface area (Å²) in [6.45, 7) is 5.33. The van der Waals surface area contributed by atoms with Crippen molar-refractivity contribution in [2.75, 3.05) is 0 Å². The van der Waals surface area contributed by atoms with Crippen molar-refractivity contribution < 1.29 is 0 Å². The summed E-state index contributed by atoms with van der Waals surface area (Å²) in [5.74, 6) is 0. The summed E-state index contributed by atoms with van der Waals surface area (Å²) in [5, 5.41) is 4.20. The van der Waals surface area contributed by atoms with Crippen molar-refractivity contribution in [1.82, 2.24) is 9.78 Å². The third-order valence-corrected chi connectivity index (χ3v) is 1.89. The Hall–Kier alpha value is -0.790. The first-order valence-corrected chi connectivity index (χ1v) is 4.39. The summed E-state index contributed by atoms with van der Waals surface area (Å²) in [5.41, 5.74) is 1.37. The van der Waals surface area contributed by atoms with E-state index < -0.39 is 0 Å². The number of aryl methyl sites for hydroxylation is 2. The van der Waals surface area contributed by atoms with Gasteiger partial charge in [-0.1, -0.05) is 13.3 Å². The molecule has 1 aromatic rings. The van der Waals surface area contributed by atoms with E-state index in [1.165, 1.54) is 25.0 Å². The molecule has 1 heterocycles. The molecule has 0 aromatic carbocycles. The van der Waals surface area contributed by atoms with Crippen LogP contribution in [0.15, 0.2) is 12.3 Å². The maximum Gasteiger partial charge on any atom is 0.0492 e. The summed E-state index contributed by atoms with van der Waals surface area (Å²) in [7, 11) is 0. The Balaban J connectivity index is 2.54. The van der Waals surface area contributed by atoms with Crippen molar-refractivity contribution in [3.8, 4) is 0 Å². The molecule has 0 radical (unpaired) electrons. The first-order valence-electron chi connectivity index (χ1n) is 4.39. The SMILES string of the molecule is CCCCc1ccnn1CC. The van der Waals surface area contributed by atoms with E-state index in [2.05, 4.69) is 29.7 Å². The zero-order chi connectivity index (χ0) is 8.10. The number of aromatic nitrogens is 2. The lowest BCUT2D eigenvalue weighted by Gasteiger charge is -2.02. The lowest BCUT2D eigenvalue weighted by Crippen LogP contribution is -2.01. The minimum absolute atomic E-state index is 0.992. The molecule has 0 spiro atoms. The molecule has 0 N–H and O–H groups in total. The van der Waals surface area contributed by atoms with E-state index in [1.807, 2.05) is 6.20 Å². The van der Waals surface area contributed by atoms with Crippen LogP contribution in [0.1, 0.15) is 32.4 Å². The minimum atomic E-state index is 0.992. The minimum Gasteiger partial charge on any atom is -0.270 e. The molecule has 0 aliphatic rings. The Kier molecular flexibility index (Phi) is 3.14. The molecule has 1 rings (SSSR count). The highest BCUT2D eigenvalue weighted by Crippen LogP contribution is 2.03. The maximum absolute atomic E-state index is 4.20.